The lowest BCUT2D eigenvalue weighted by atomic mass is 10.2. The molecule has 0 aliphatic carbocycles. The number of benzene rings is 2. The number of nitrogens with zero attached hydrogens (tertiary/aromatic N) is 2. The molecule has 0 saturated heterocycles. The minimum Gasteiger partial charge on any atom is -0.325 e. The molecule has 130 valence electrons. The average Bonchev–Trinajstić information content (AvgIpc) is 2.98. The molecule has 7 heteroatoms. The van der Waals surface area contributed by atoms with Crippen molar-refractivity contribution < 1.29 is 9.18 Å². The number of anilines is 1. The number of aryl methyl sites for hydroxylation is 1. The Labute approximate surface area is 151 Å². The van der Waals surface area contributed by atoms with Gasteiger partial charge in [0.2, 0.25) is 5.91 Å². The van der Waals surface area contributed by atoms with Crippen LogP contribution >= 0.6 is 11.3 Å². The summed E-state index contributed by atoms with van der Waals surface area (Å²) in [5, 5.41) is 3.11. The zero-order valence-electron chi connectivity index (χ0n) is 13.8. The number of halogens is 1. The minimum absolute atomic E-state index is 0.160. The first kappa shape index (κ1) is 16.4. The van der Waals surface area contributed by atoms with E-state index in [1.807, 2.05) is 25.1 Å². The van der Waals surface area contributed by atoms with Crippen molar-refractivity contribution in [3.05, 3.63) is 70.5 Å². The highest BCUT2D eigenvalue weighted by Gasteiger charge is 2.15. The van der Waals surface area contributed by atoms with Gasteiger partial charge in [-0.2, -0.15) is 0 Å². The Hall–Kier alpha value is -3.06. The summed E-state index contributed by atoms with van der Waals surface area (Å²) >= 11 is 1.18. The summed E-state index contributed by atoms with van der Waals surface area (Å²) in [5.74, 6) is -0.735. The number of aromatic nitrogens is 2. The molecular formula is C19H14FN3O2S. The number of rotatable bonds is 3. The number of carbonyl (C=O) groups is 1. The molecule has 0 atom stereocenters. The van der Waals surface area contributed by atoms with Crippen LogP contribution in [0, 0.1) is 12.7 Å². The third-order valence-corrected chi connectivity index (χ3v) is 5.17. The molecule has 0 spiro atoms. The number of thiophene rings is 1. The van der Waals surface area contributed by atoms with Crippen molar-refractivity contribution in [3.63, 3.8) is 0 Å². The summed E-state index contributed by atoms with van der Waals surface area (Å²) in [6, 6.07) is 12.1. The molecule has 0 aliphatic rings. The number of nitrogens with one attached hydrogen (secondary N) is 1. The smallest absolute Gasteiger partial charge is 0.271 e. The van der Waals surface area contributed by atoms with E-state index in [1.165, 1.54) is 28.3 Å². The van der Waals surface area contributed by atoms with Gasteiger partial charge in [-0.05, 0) is 36.8 Å². The highest BCUT2D eigenvalue weighted by atomic mass is 32.1. The minimum atomic E-state index is -0.407. The summed E-state index contributed by atoms with van der Waals surface area (Å²) in [4.78, 5) is 29.2. The number of amides is 1. The molecule has 5 nitrogen and oxygen atoms in total. The van der Waals surface area contributed by atoms with Gasteiger partial charge >= 0.3 is 0 Å². The quantitative estimate of drug-likeness (QED) is 0.601. The fourth-order valence-electron chi connectivity index (χ4n) is 2.86. The number of fused-ring (bicyclic) bond motifs is 3. The maximum atomic E-state index is 14.1. The summed E-state index contributed by atoms with van der Waals surface area (Å²) in [6.07, 6.45) is 1.29. The van der Waals surface area contributed by atoms with Gasteiger partial charge in [-0.1, -0.05) is 18.2 Å². The van der Waals surface area contributed by atoms with Gasteiger partial charge in [-0.3, -0.25) is 14.2 Å². The first-order chi connectivity index (χ1) is 12.5. The summed E-state index contributed by atoms with van der Waals surface area (Å²) < 4.78 is 16.3. The van der Waals surface area contributed by atoms with Crippen LogP contribution in [0.2, 0.25) is 0 Å². The molecule has 1 N–H and O–H groups in total. The lowest BCUT2D eigenvalue weighted by Crippen LogP contribution is -2.27. The lowest BCUT2D eigenvalue weighted by Gasteiger charge is -2.07. The summed E-state index contributed by atoms with van der Waals surface area (Å²) in [6.45, 7) is 1.77. The fraction of sp³-hybridized carbons (Fsp3) is 0.105. The number of carbonyl (C=O) groups excluding carboxylic acids is 1. The van der Waals surface area contributed by atoms with E-state index >= 15 is 0 Å². The maximum absolute atomic E-state index is 14.1. The molecule has 1 amide bonds. The van der Waals surface area contributed by atoms with Crippen LogP contribution in [0.25, 0.3) is 20.3 Å². The van der Waals surface area contributed by atoms with E-state index < -0.39 is 5.82 Å². The van der Waals surface area contributed by atoms with Crippen molar-refractivity contribution in [1.29, 1.82) is 0 Å². The maximum Gasteiger partial charge on any atom is 0.271 e. The first-order valence-corrected chi connectivity index (χ1v) is 8.77. The van der Waals surface area contributed by atoms with Gasteiger partial charge in [0.1, 0.15) is 17.1 Å². The van der Waals surface area contributed by atoms with Gasteiger partial charge < -0.3 is 5.32 Å². The Morgan fingerprint density at radius 3 is 2.88 bits per heavy atom. The van der Waals surface area contributed by atoms with Crippen molar-refractivity contribution in [2.24, 2.45) is 0 Å². The van der Waals surface area contributed by atoms with Gasteiger partial charge in [0, 0.05) is 10.4 Å². The van der Waals surface area contributed by atoms with Gasteiger partial charge in [-0.15, -0.1) is 11.3 Å². The molecule has 2 heterocycles. The standard InChI is InChI=1S/C19H14FN3O2S/c1-11-4-2-5-12(8-11)22-15(24)9-23-10-21-17-16-13(20)6-3-7-14(16)26-18(17)19(23)25/h2-8,10H,9H2,1H3,(H,22,24). The molecule has 0 bridgehead atoms. The van der Waals surface area contributed by atoms with E-state index in [2.05, 4.69) is 10.3 Å². The molecule has 0 radical (unpaired) electrons. The lowest BCUT2D eigenvalue weighted by molar-refractivity contribution is -0.116. The zero-order chi connectivity index (χ0) is 18.3. The molecule has 0 aliphatic heterocycles. The van der Waals surface area contributed by atoms with Crippen molar-refractivity contribution in [2.45, 2.75) is 13.5 Å². The van der Waals surface area contributed by atoms with Crippen LogP contribution in [-0.4, -0.2) is 15.5 Å². The van der Waals surface area contributed by atoms with Crippen LogP contribution in [0.15, 0.2) is 53.6 Å². The normalized spacial score (nSPS) is 11.2. The van der Waals surface area contributed by atoms with Crippen LogP contribution in [0.3, 0.4) is 0 Å². The third kappa shape index (κ3) is 2.86. The van der Waals surface area contributed by atoms with Crippen molar-refractivity contribution >= 4 is 43.2 Å². The van der Waals surface area contributed by atoms with E-state index in [0.29, 0.717) is 26.0 Å². The van der Waals surface area contributed by atoms with Crippen LogP contribution in [0.1, 0.15) is 5.56 Å². The van der Waals surface area contributed by atoms with Crippen LogP contribution in [-0.2, 0) is 11.3 Å². The second-order valence-electron chi connectivity index (χ2n) is 5.99. The highest BCUT2D eigenvalue weighted by molar-refractivity contribution is 7.25. The Morgan fingerprint density at radius 2 is 2.08 bits per heavy atom. The summed E-state index contributed by atoms with van der Waals surface area (Å²) in [5.41, 5.74) is 1.68. The number of hydrogen-bond acceptors (Lipinski definition) is 4. The SMILES string of the molecule is Cc1cccc(NC(=O)Cn2cnc3c(sc4cccc(F)c43)c2=O)c1. The number of hydrogen-bond donors (Lipinski definition) is 1. The van der Waals surface area contributed by atoms with Gasteiger partial charge in [-0.25, -0.2) is 9.37 Å². The molecule has 0 saturated carbocycles. The Balaban J connectivity index is 1.68. The van der Waals surface area contributed by atoms with Gasteiger partial charge in [0.15, 0.2) is 0 Å². The molecule has 0 fully saturated rings. The fourth-order valence-corrected chi connectivity index (χ4v) is 3.98. The zero-order valence-corrected chi connectivity index (χ0v) is 14.6. The van der Waals surface area contributed by atoms with Crippen LogP contribution < -0.4 is 10.9 Å². The molecule has 0 unspecified atom stereocenters. The summed E-state index contributed by atoms with van der Waals surface area (Å²) in [7, 11) is 0. The van der Waals surface area contributed by atoms with Crippen molar-refractivity contribution in [3.8, 4) is 0 Å². The Bertz CT molecular complexity index is 1210. The van der Waals surface area contributed by atoms with Crippen LogP contribution in [0.4, 0.5) is 10.1 Å². The largest absolute Gasteiger partial charge is 0.325 e. The van der Waals surface area contributed by atoms with Crippen LogP contribution in [0.5, 0.6) is 0 Å². The van der Waals surface area contributed by atoms with Crippen molar-refractivity contribution in [2.75, 3.05) is 5.32 Å². The van der Waals surface area contributed by atoms with Gasteiger partial charge in [0.25, 0.3) is 5.56 Å². The second kappa shape index (κ2) is 6.34. The van der Waals surface area contributed by atoms with E-state index in [9.17, 15) is 14.0 Å². The highest BCUT2D eigenvalue weighted by Crippen LogP contribution is 2.31. The molecule has 2 aromatic carbocycles. The topological polar surface area (TPSA) is 64.0 Å². The molecule has 4 aromatic rings. The second-order valence-corrected chi connectivity index (χ2v) is 7.04. The van der Waals surface area contributed by atoms with E-state index in [0.717, 1.165) is 5.56 Å². The first-order valence-electron chi connectivity index (χ1n) is 7.95. The monoisotopic (exact) mass is 367 g/mol. The Kier molecular flexibility index (Phi) is 4.00. The van der Waals surface area contributed by atoms with Crippen molar-refractivity contribution in [1.82, 2.24) is 9.55 Å². The van der Waals surface area contributed by atoms with E-state index in [-0.39, 0.29) is 18.0 Å². The Morgan fingerprint density at radius 1 is 1.27 bits per heavy atom. The predicted octanol–water partition coefficient (Wildman–Crippen LogP) is 3.70. The average molecular weight is 367 g/mol. The van der Waals surface area contributed by atoms with E-state index in [4.69, 9.17) is 0 Å². The van der Waals surface area contributed by atoms with E-state index in [1.54, 1.807) is 18.2 Å². The molecule has 2 aromatic heterocycles. The third-order valence-electron chi connectivity index (χ3n) is 4.04. The molecule has 4 rings (SSSR count). The molecular weight excluding hydrogens is 353 g/mol. The molecule has 26 heavy (non-hydrogen) atoms. The van der Waals surface area contributed by atoms with Gasteiger partial charge in [0.05, 0.1) is 17.2 Å². The predicted molar refractivity (Wildman–Crippen MR) is 101 cm³/mol.